The van der Waals surface area contributed by atoms with Crippen LogP contribution in [0.1, 0.15) is 32.6 Å². The fourth-order valence-corrected chi connectivity index (χ4v) is 2.88. The third kappa shape index (κ3) is 2.09. The van der Waals surface area contributed by atoms with Crippen LogP contribution in [0.15, 0.2) is 0 Å². The fourth-order valence-electron chi connectivity index (χ4n) is 2.88. The molecule has 2 fully saturated rings. The number of carbonyl (C=O) groups excluding carboxylic acids is 1. The first kappa shape index (κ1) is 11.9. The van der Waals surface area contributed by atoms with E-state index in [2.05, 4.69) is 0 Å². The van der Waals surface area contributed by atoms with Crippen molar-refractivity contribution in [2.45, 2.75) is 44.8 Å². The molecule has 1 aliphatic heterocycles. The van der Waals surface area contributed by atoms with Crippen molar-refractivity contribution < 1.29 is 9.53 Å². The molecule has 0 aromatic carbocycles. The first-order valence-electron chi connectivity index (χ1n) is 6.40. The molecule has 0 radical (unpaired) electrons. The van der Waals surface area contributed by atoms with Crippen molar-refractivity contribution in [2.75, 3.05) is 19.7 Å². The molecule has 2 N–H and O–H groups in total. The summed E-state index contributed by atoms with van der Waals surface area (Å²) in [5.41, 5.74) is 5.65. The van der Waals surface area contributed by atoms with Gasteiger partial charge in [0.15, 0.2) is 0 Å². The summed E-state index contributed by atoms with van der Waals surface area (Å²) in [6.07, 6.45) is 4.50. The first-order valence-corrected chi connectivity index (χ1v) is 6.40. The number of fused-ring (bicyclic) bond motifs is 1. The SMILES string of the molecule is CCC(CN)C(=O)N1CCOC2CCCC21. The van der Waals surface area contributed by atoms with Gasteiger partial charge in [0.05, 0.1) is 24.7 Å². The molecule has 1 saturated heterocycles. The Kier molecular flexibility index (Phi) is 3.82. The lowest BCUT2D eigenvalue weighted by Gasteiger charge is -2.39. The zero-order valence-corrected chi connectivity index (χ0v) is 10.0. The summed E-state index contributed by atoms with van der Waals surface area (Å²) in [6, 6.07) is 0.321. The number of morpholine rings is 1. The van der Waals surface area contributed by atoms with Crippen molar-refractivity contribution in [1.29, 1.82) is 0 Å². The van der Waals surface area contributed by atoms with E-state index in [0.717, 1.165) is 25.8 Å². The molecule has 0 aromatic heterocycles. The van der Waals surface area contributed by atoms with Gasteiger partial charge in [0.25, 0.3) is 0 Å². The van der Waals surface area contributed by atoms with Crippen LogP contribution in [0.3, 0.4) is 0 Å². The molecule has 4 heteroatoms. The Hall–Kier alpha value is -0.610. The standard InChI is InChI=1S/C12H22N2O2/c1-2-9(8-13)12(15)14-6-7-16-11-5-3-4-10(11)14/h9-11H,2-8,13H2,1H3. The average molecular weight is 226 g/mol. The highest BCUT2D eigenvalue weighted by atomic mass is 16.5. The van der Waals surface area contributed by atoms with Crippen LogP contribution in [0, 0.1) is 5.92 Å². The summed E-state index contributed by atoms with van der Waals surface area (Å²) < 4.78 is 5.70. The molecular weight excluding hydrogens is 204 g/mol. The van der Waals surface area contributed by atoms with Gasteiger partial charge in [-0.25, -0.2) is 0 Å². The second kappa shape index (κ2) is 5.15. The van der Waals surface area contributed by atoms with Gasteiger partial charge in [0.1, 0.15) is 0 Å². The summed E-state index contributed by atoms with van der Waals surface area (Å²) in [6.45, 7) is 3.93. The van der Waals surface area contributed by atoms with E-state index >= 15 is 0 Å². The molecule has 0 bridgehead atoms. The van der Waals surface area contributed by atoms with Crippen LogP contribution in [-0.2, 0) is 9.53 Å². The van der Waals surface area contributed by atoms with Crippen LogP contribution in [0.4, 0.5) is 0 Å². The topological polar surface area (TPSA) is 55.6 Å². The van der Waals surface area contributed by atoms with Crippen molar-refractivity contribution in [3.63, 3.8) is 0 Å². The number of nitrogens with two attached hydrogens (primary N) is 1. The minimum atomic E-state index is -0.000602. The third-order valence-corrected chi connectivity index (χ3v) is 3.89. The Labute approximate surface area is 97.1 Å². The molecule has 0 aromatic rings. The van der Waals surface area contributed by atoms with E-state index in [-0.39, 0.29) is 17.9 Å². The molecule has 2 rings (SSSR count). The van der Waals surface area contributed by atoms with E-state index in [1.54, 1.807) is 0 Å². The summed E-state index contributed by atoms with van der Waals surface area (Å²) in [5, 5.41) is 0. The average Bonchev–Trinajstić information content (AvgIpc) is 2.78. The van der Waals surface area contributed by atoms with Crippen LogP contribution in [-0.4, -0.2) is 42.6 Å². The maximum Gasteiger partial charge on any atom is 0.227 e. The minimum Gasteiger partial charge on any atom is -0.374 e. The molecule has 1 saturated carbocycles. The molecule has 0 spiro atoms. The Bertz CT molecular complexity index is 253. The summed E-state index contributed by atoms with van der Waals surface area (Å²) >= 11 is 0. The summed E-state index contributed by atoms with van der Waals surface area (Å²) in [4.78, 5) is 14.3. The summed E-state index contributed by atoms with van der Waals surface area (Å²) in [7, 11) is 0. The van der Waals surface area contributed by atoms with Crippen LogP contribution >= 0.6 is 0 Å². The number of amides is 1. The lowest BCUT2D eigenvalue weighted by Crippen LogP contribution is -2.53. The summed E-state index contributed by atoms with van der Waals surface area (Å²) in [5.74, 6) is 0.240. The Morgan fingerprint density at radius 2 is 2.38 bits per heavy atom. The minimum absolute atomic E-state index is 0.000602. The molecule has 2 aliphatic rings. The van der Waals surface area contributed by atoms with E-state index in [1.165, 1.54) is 6.42 Å². The van der Waals surface area contributed by atoms with Gasteiger partial charge in [-0.3, -0.25) is 4.79 Å². The predicted octanol–water partition coefficient (Wildman–Crippen LogP) is 0.751. The monoisotopic (exact) mass is 226 g/mol. The molecule has 4 nitrogen and oxygen atoms in total. The highest BCUT2D eigenvalue weighted by Crippen LogP contribution is 2.30. The van der Waals surface area contributed by atoms with Crippen LogP contribution in [0.5, 0.6) is 0 Å². The molecule has 1 heterocycles. The van der Waals surface area contributed by atoms with Gasteiger partial charge in [-0.1, -0.05) is 6.92 Å². The molecule has 3 unspecified atom stereocenters. The molecule has 92 valence electrons. The third-order valence-electron chi connectivity index (χ3n) is 3.89. The largest absolute Gasteiger partial charge is 0.374 e. The zero-order chi connectivity index (χ0) is 11.5. The lowest BCUT2D eigenvalue weighted by atomic mass is 10.0. The van der Waals surface area contributed by atoms with Crippen LogP contribution < -0.4 is 5.73 Å². The Morgan fingerprint density at radius 3 is 3.06 bits per heavy atom. The lowest BCUT2D eigenvalue weighted by molar-refractivity contribution is -0.148. The second-order valence-corrected chi connectivity index (χ2v) is 4.78. The van der Waals surface area contributed by atoms with Gasteiger partial charge in [-0.15, -0.1) is 0 Å². The van der Waals surface area contributed by atoms with E-state index in [4.69, 9.17) is 10.5 Å². The van der Waals surface area contributed by atoms with Crippen molar-refractivity contribution in [3.8, 4) is 0 Å². The Morgan fingerprint density at radius 1 is 1.56 bits per heavy atom. The van der Waals surface area contributed by atoms with E-state index in [1.807, 2.05) is 11.8 Å². The van der Waals surface area contributed by atoms with Crippen molar-refractivity contribution in [3.05, 3.63) is 0 Å². The maximum absolute atomic E-state index is 12.3. The molecule has 1 aliphatic carbocycles. The van der Waals surface area contributed by atoms with Gasteiger partial charge in [-0.05, 0) is 25.7 Å². The molecular formula is C12H22N2O2. The number of hydrogen-bond acceptors (Lipinski definition) is 3. The van der Waals surface area contributed by atoms with E-state index < -0.39 is 0 Å². The van der Waals surface area contributed by atoms with E-state index in [9.17, 15) is 4.79 Å². The van der Waals surface area contributed by atoms with Gasteiger partial charge in [0.2, 0.25) is 5.91 Å². The van der Waals surface area contributed by atoms with Crippen LogP contribution in [0.25, 0.3) is 0 Å². The van der Waals surface area contributed by atoms with Crippen molar-refractivity contribution in [1.82, 2.24) is 4.90 Å². The highest BCUT2D eigenvalue weighted by molar-refractivity contribution is 5.79. The number of carbonyl (C=O) groups is 1. The maximum atomic E-state index is 12.3. The fraction of sp³-hybridized carbons (Fsp3) is 0.917. The van der Waals surface area contributed by atoms with E-state index in [0.29, 0.717) is 19.2 Å². The number of nitrogens with zero attached hydrogens (tertiary/aromatic N) is 1. The molecule has 3 atom stereocenters. The second-order valence-electron chi connectivity index (χ2n) is 4.78. The first-order chi connectivity index (χ1) is 7.77. The van der Waals surface area contributed by atoms with Crippen molar-refractivity contribution in [2.24, 2.45) is 11.7 Å². The molecule has 1 amide bonds. The van der Waals surface area contributed by atoms with Gasteiger partial charge in [0, 0.05) is 13.1 Å². The van der Waals surface area contributed by atoms with Crippen molar-refractivity contribution >= 4 is 5.91 Å². The number of hydrogen-bond donors (Lipinski definition) is 1. The van der Waals surface area contributed by atoms with Gasteiger partial charge < -0.3 is 15.4 Å². The van der Waals surface area contributed by atoms with Gasteiger partial charge >= 0.3 is 0 Å². The zero-order valence-electron chi connectivity index (χ0n) is 10.0. The number of ether oxygens (including phenoxy) is 1. The predicted molar refractivity (Wildman–Crippen MR) is 61.9 cm³/mol. The smallest absolute Gasteiger partial charge is 0.227 e. The quantitative estimate of drug-likeness (QED) is 0.772. The highest BCUT2D eigenvalue weighted by Gasteiger charge is 2.39. The van der Waals surface area contributed by atoms with Crippen LogP contribution in [0.2, 0.25) is 0 Å². The molecule has 16 heavy (non-hydrogen) atoms. The normalized spacial score (nSPS) is 31.2. The number of rotatable bonds is 3. The Balaban J connectivity index is 2.04. The van der Waals surface area contributed by atoms with Gasteiger partial charge in [-0.2, -0.15) is 0 Å².